The molecule has 0 aliphatic carbocycles. The van der Waals surface area contributed by atoms with Crippen molar-refractivity contribution in [2.24, 2.45) is 0 Å². The molecule has 0 saturated carbocycles. The number of carbonyl (C=O) groups excluding carboxylic acids is 1. The summed E-state index contributed by atoms with van der Waals surface area (Å²) in [4.78, 5) is 16.3. The van der Waals surface area contributed by atoms with Gasteiger partial charge in [-0.25, -0.2) is 18.1 Å². The topological polar surface area (TPSA) is 88.2 Å². The van der Waals surface area contributed by atoms with Crippen LogP contribution in [0.4, 0.5) is 5.82 Å². The number of rotatable bonds is 5. The van der Waals surface area contributed by atoms with E-state index < -0.39 is 10.0 Å². The van der Waals surface area contributed by atoms with Gasteiger partial charge >= 0.3 is 0 Å². The molecule has 1 aromatic carbocycles. The van der Waals surface area contributed by atoms with Crippen molar-refractivity contribution in [3.05, 3.63) is 53.7 Å². The van der Waals surface area contributed by atoms with Crippen LogP contribution in [0.2, 0.25) is 0 Å². The smallest absolute Gasteiger partial charge is 0.256 e. The third kappa shape index (κ3) is 3.90. The van der Waals surface area contributed by atoms with Crippen LogP contribution in [0.5, 0.6) is 0 Å². The molecule has 2 N–H and O–H groups in total. The molecular weight excluding hydrogens is 302 g/mol. The highest BCUT2D eigenvalue weighted by Gasteiger charge is 2.13. The molecule has 0 aliphatic rings. The number of benzene rings is 1. The highest BCUT2D eigenvalue weighted by molar-refractivity contribution is 7.89. The average molecular weight is 319 g/mol. The van der Waals surface area contributed by atoms with Crippen LogP contribution in [0.15, 0.2) is 47.5 Å². The van der Waals surface area contributed by atoms with Crippen LogP contribution < -0.4 is 10.0 Å². The Labute approximate surface area is 129 Å². The molecule has 0 saturated heterocycles. The minimum atomic E-state index is -3.51. The molecule has 7 heteroatoms. The summed E-state index contributed by atoms with van der Waals surface area (Å²) in [7, 11) is -3.51. The van der Waals surface area contributed by atoms with E-state index in [9.17, 15) is 13.2 Å². The fourth-order valence-electron chi connectivity index (χ4n) is 1.79. The van der Waals surface area contributed by atoms with Gasteiger partial charge in [-0.05, 0) is 42.8 Å². The van der Waals surface area contributed by atoms with Gasteiger partial charge in [0.15, 0.2) is 0 Å². The van der Waals surface area contributed by atoms with Crippen molar-refractivity contribution < 1.29 is 13.2 Å². The first-order chi connectivity index (χ1) is 10.4. The molecule has 0 unspecified atom stereocenters. The highest BCUT2D eigenvalue weighted by atomic mass is 32.2. The zero-order valence-corrected chi connectivity index (χ0v) is 13.1. The molecular formula is C15H17N3O3S. The average Bonchev–Trinajstić information content (AvgIpc) is 2.49. The zero-order valence-electron chi connectivity index (χ0n) is 12.3. The third-order valence-corrected chi connectivity index (χ3v) is 4.48. The molecule has 0 fully saturated rings. The summed E-state index contributed by atoms with van der Waals surface area (Å²) >= 11 is 0. The fraction of sp³-hybridized carbons (Fsp3) is 0.200. The second-order valence-electron chi connectivity index (χ2n) is 4.70. The Morgan fingerprint density at radius 3 is 2.36 bits per heavy atom. The first kappa shape index (κ1) is 16.1. The van der Waals surface area contributed by atoms with Crippen molar-refractivity contribution in [2.45, 2.75) is 18.7 Å². The number of nitrogens with zero attached hydrogens (tertiary/aromatic N) is 1. The molecule has 2 aromatic rings. The number of carbonyl (C=O) groups is 1. The van der Waals surface area contributed by atoms with E-state index in [1.165, 1.54) is 24.3 Å². The van der Waals surface area contributed by atoms with E-state index >= 15 is 0 Å². The van der Waals surface area contributed by atoms with Crippen molar-refractivity contribution >= 4 is 21.7 Å². The van der Waals surface area contributed by atoms with Crippen molar-refractivity contribution in [3.8, 4) is 0 Å². The number of amides is 1. The Balaban J connectivity index is 2.13. The summed E-state index contributed by atoms with van der Waals surface area (Å²) in [6, 6.07) is 9.28. The van der Waals surface area contributed by atoms with Gasteiger partial charge in [0.1, 0.15) is 5.82 Å². The van der Waals surface area contributed by atoms with E-state index in [2.05, 4.69) is 15.0 Å². The number of aromatic nitrogens is 1. The van der Waals surface area contributed by atoms with E-state index in [0.717, 1.165) is 5.56 Å². The van der Waals surface area contributed by atoms with Crippen LogP contribution in [0, 0.1) is 6.92 Å². The molecule has 116 valence electrons. The lowest BCUT2D eigenvalue weighted by molar-refractivity contribution is 0.102. The first-order valence-corrected chi connectivity index (χ1v) is 8.24. The fourth-order valence-corrected chi connectivity index (χ4v) is 2.83. The van der Waals surface area contributed by atoms with Crippen molar-refractivity contribution in [2.75, 3.05) is 11.9 Å². The lowest BCUT2D eigenvalue weighted by Gasteiger charge is -2.07. The summed E-state index contributed by atoms with van der Waals surface area (Å²) in [5.74, 6) is 0.101. The van der Waals surface area contributed by atoms with E-state index in [1.807, 2.05) is 13.0 Å². The van der Waals surface area contributed by atoms with Gasteiger partial charge in [-0.15, -0.1) is 0 Å². The maximum absolute atomic E-state index is 12.1. The molecule has 6 nitrogen and oxygen atoms in total. The number of hydrogen-bond donors (Lipinski definition) is 2. The van der Waals surface area contributed by atoms with Crippen LogP contribution in [0.1, 0.15) is 22.8 Å². The Morgan fingerprint density at radius 2 is 1.82 bits per heavy atom. The number of anilines is 1. The number of hydrogen-bond acceptors (Lipinski definition) is 4. The lowest BCUT2D eigenvalue weighted by atomic mass is 10.2. The maximum Gasteiger partial charge on any atom is 0.256 e. The SMILES string of the molecule is CCNS(=O)(=O)c1ccc(C(=O)Nc2ccc(C)cn2)cc1. The van der Waals surface area contributed by atoms with Gasteiger partial charge in [0.05, 0.1) is 4.90 Å². The molecule has 0 radical (unpaired) electrons. The van der Waals surface area contributed by atoms with E-state index in [0.29, 0.717) is 17.9 Å². The second-order valence-corrected chi connectivity index (χ2v) is 6.47. The predicted octanol–water partition coefficient (Wildman–Crippen LogP) is 1.94. The quantitative estimate of drug-likeness (QED) is 0.881. The predicted molar refractivity (Wildman–Crippen MR) is 84.2 cm³/mol. The van der Waals surface area contributed by atoms with E-state index in [4.69, 9.17) is 0 Å². The summed E-state index contributed by atoms with van der Waals surface area (Å²) in [5.41, 5.74) is 1.36. The van der Waals surface area contributed by atoms with Crippen LogP contribution in [0.25, 0.3) is 0 Å². The minimum absolute atomic E-state index is 0.124. The van der Waals surface area contributed by atoms with Gasteiger partial charge < -0.3 is 5.32 Å². The number of sulfonamides is 1. The number of aryl methyl sites for hydroxylation is 1. The summed E-state index contributed by atoms with van der Waals surface area (Å²) < 4.78 is 26.0. The molecule has 0 bridgehead atoms. The molecule has 22 heavy (non-hydrogen) atoms. The standard InChI is InChI=1S/C15H17N3O3S/c1-3-17-22(20,21)13-7-5-12(6-8-13)15(19)18-14-9-4-11(2)10-16-14/h4-10,17H,3H2,1-2H3,(H,16,18,19). The molecule has 0 atom stereocenters. The molecule has 2 rings (SSSR count). The second kappa shape index (κ2) is 6.67. The maximum atomic E-state index is 12.1. The Kier molecular flexibility index (Phi) is 4.89. The van der Waals surface area contributed by atoms with Crippen molar-refractivity contribution in [1.82, 2.24) is 9.71 Å². The highest BCUT2D eigenvalue weighted by Crippen LogP contribution is 2.12. The molecule has 1 heterocycles. The lowest BCUT2D eigenvalue weighted by Crippen LogP contribution is -2.23. The number of pyridine rings is 1. The van der Waals surface area contributed by atoms with Gasteiger partial charge in [0.25, 0.3) is 5.91 Å². The molecule has 1 amide bonds. The summed E-state index contributed by atoms with van der Waals surface area (Å²) in [6.07, 6.45) is 1.65. The van der Waals surface area contributed by atoms with Crippen LogP contribution >= 0.6 is 0 Å². The number of nitrogens with one attached hydrogen (secondary N) is 2. The third-order valence-electron chi connectivity index (χ3n) is 2.91. The Hall–Kier alpha value is -2.25. The summed E-state index contributed by atoms with van der Waals surface area (Å²) in [6.45, 7) is 3.92. The van der Waals surface area contributed by atoms with Gasteiger partial charge in [-0.1, -0.05) is 13.0 Å². The normalized spacial score (nSPS) is 11.2. The van der Waals surface area contributed by atoms with Crippen molar-refractivity contribution in [3.63, 3.8) is 0 Å². The first-order valence-electron chi connectivity index (χ1n) is 6.76. The monoisotopic (exact) mass is 319 g/mol. The molecule has 0 spiro atoms. The van der Waals surface area contributed by atoms with Crippen LogP contribution in [-0.4, -0.2) is 25.9 Å². The van der Waals surface area contributed by atoms with E-state index in [1.54, 1.807) is 19.2 Å². The van der Waals surface area contributed by atoms with E-state index in [-0.39, 0.29) is 10.8 Å². The summed E-state index contributed by atoms with van der Waals surface area (Å²) in [5, 5.41) is 2.65. The van der Waals surface area contributed by atoms with Gasteiger partial charge in [0.2, 0.25) is 10.0 Å². The largest absolute Gasteiger partial charge is 0.307 e. The van der Waals surface area contributed by atoms with Gasteiger partial charge in [-0.2, -0.15) is 0 Å². The Bertz CT molecular complexity index is 754. The van der Waals surface area contributed by atoms with Gasteiger partial charge in [-0.3, -0.25) is 4.79 Å². The molecule has 1 aromatic heterocycles. The molecule has 0 aliphatic heterocycles. The minimum Gasteiger partial charge on any atom is -0.307 e. The van der Waals surface area contributed by atoms with Crippen molar-refractivity contribution in [1.29, 1.82) is 0 Å². The van der Waals surface area contributed by atoms with Crippen LogP contribution in [-0.2, 0) is 10.0 Å². The van der Waals surface area contributed by atoms with Crippen LogP contribution in [0.3, 0.4) is 0 Å². The Morgan fingerprint density at radius 1 is 1.14 bits per heavy atom. The van der Waals surface area contributed by atoms with Gasteiger partial charge in [0, 0.05) is 18.3 Å². The zero-order chi connectivity index (χ0) is 16.2.